The van der Waals surface area contributed by atoms with Crippen LogP contribution < -0.4 is 10.5 Å². The molecule has 21 heavy (non-hydrogen) atoms. The number of nitrogens with two attached hydrogens (primary N) is 1. The number of nitrogens with zero attached hydrogens (tertiary/aromatic N) is 2. The number of hydrogen-bond donors (Lipinski definition) is 1. The van der Waals surface area contributed by atoms with E-state index in [-0.39, 0.29) is 0 Å². The van der Waals surface area contributed by atoms with Crippen molar-refractivity contribution in [2.75, 3.05) is 12.8 Å². The molecule has 1 heterocycles. The summed E-state index contributed by atoms with van der Waals surface area (Å²) in [5.41, 5.74) is 8.75. The van der Waals surface area contributed by atoms with E-state index in [1.807, 2.05) is 44.2 Å². The van der Waals surface area contributed by atoms with Crippen LogP contribution in [0.2, 0.25) is 0 Å². The Morgan fingerprint density at radius 3 is 2.38 bits per heavy atom. The van der Waals surface area contributed by atoms with E-state index >= 15 is 0 Å². The van der Waals surface area contributed by atoms with E-state index in [4.69, 9.17) is 10.5 Å². The number of hydrogen-bond acceptors (Lipinski definition) is 4. The average Bonchev–Trinajstić information content (AvgIpc) is 2.51. The van der Waals surface area contributed by atoms with E-state index in [9.17, 15) is 0 Å². The Kier molecular flexibility index (Phi) is 3.22. The maximum absolute atomic E-state index is 5.94. The van der Waals surface area contributed by atoms with Crippen molar-refractivity contribution in [3.05, 3.63) is 47.7 Å². The largest absolute Gasteiger partial charge is 0.497 e. The zero-order valence-electron chi connectivity index (χ0n) is 12.3. The summed E-state index contributed by atoms with van der Waals surface area (Å²) in [4.78, 5) is 8.91. The third kappa shape index (κ3) is 2.40. The van der Waals surface area contributed by atoms with Gasteiger partial charge in [0.15, 0.2) is 5.82 Å². The second-order valence-electron chi connectivity index (χ2n) is 5.07. The van der Waals surface area contributed by atoms with Gasteiger partial charge in [-0.05, 0) is 42.8 Å². The summed E-state index contributed by atoms with van der Waals surface area (Å²) >= 11 is 0. The minimum atomic E-state index is 0.535. The van der Waals surface area contributed by atoms with Gasteiger partial charge in [0.05, 0.1) is 7.11 Å². The fraction of sp³-hybridized carbons (Fsp3) is 0.176. The molecule has 3 aromatic rings. The first-order valence-electron chi connectivity index (χ1n) is 6.77. The Balaban J connectivity index is 2.13. The number of fused-ring (bicyclic) bond motifs is 1. The van der Waals surface area contributed by atoms with E-state index in [1.54, 1.807) is 7.11 Å². The maximum Gasteiger partial charge on any atom is 0.161 e. The quantitative estimate of drug-likeness (QED) is 0.780. The van der Waals surface area contributed by atoms with Crippen molar-refractivity contribution in [2.24, 2.45) is 0 Å². The van der Waals surface area contributed by atoms with Crippen LogP contribution in [0.1, 0.15) is 11.3 Å². The molecule has 0 atom stereocenters. The van der Waals surface area contributed by atoms with Gasteiger partial charge in [-0.2, -0.15) is 0 Å². The molecule has 0 spiro atoms. The predicted molar refractivity (Wildman–Crippen MR) is 85.4 cm³/mol. The van der Waals surface area contributed by atoms with Crippen molar-refractivity contribution < 1.29 is 4.74 Å². The summed E-state index contributed by atoms with van der Waals surface area (Å²) in [7, 11) is 1.67. The lowest BCUT2D eigenvalue weighted by molar-refractivity contribution is 0.415. The molecule has 0 amide bonds. The molecule has 3 rings (SSSR count). The number of benzene rings is 2. The standard InChI is InChI=1S/C17H17N3O/c1-10-11(2)19-17(20-16(10)18)14-5-4-13-9-15(21-3)7-6-12(13)8-14/h4-9H,1-3H3,(H2,18,19,20). The van der Waals surface area contributed by atoms with Crippen LogP contribution in [-0.4, -0.2) is 17.1 Å². The second-order valence-corrected chi connectivity index (χ2v) is 5.07. The lowest BCUT2D eigenvalue weighted by atomic mass is 10.1. The maximum atomic E-state index is 5.94. The monoisotopic (exact) mass is 279 g/mol. The molecule has 0 unspecified atom stereocenters. The third-order valence-corrected chi connectivity index (χ3v) is 3.73. The van der Waals surface area contributed by atoms with Crippen LogP contribution in [0.15, 0.2) is 36.4 Å². The lowest BCUT2D eigenvalue weighted by Gasteiger charge is -2.08. The molecule has 1 aromatic heterocycles. The van der Waals surface area contributed by atoms with Crippen molar-refractivity contribution >= 4 is 16.6 Å². The number of methoxy groups -OCH3 is 1. The minimum Gasteiger partial charge on any atom is -0.497 e. The molecular formula is C17H17N3O. The Bertz CT molecular complexity index is 804. The molecule has 0 aliphatic carbocycles. The Morgan fingerprint density at radius 2 is 1.67 bits per heavy atom. The van der Waals surface area contributed by atoms with Gasteiger partial charge in [-0.15, -0.1) is 0 Å². The molecule has 0 aliphatic rings. The predicted octanol–water partition coefficient (Wildman–Crippen LogP) is 3.50. The van der Waals surface area contributed by atoms with Gasteiger partial charge in [-0.1, -0.05) is 18.2 Å². The zero-order chi connectivity index (χ0) is 15.0. The van der Waals surface area contributed by atoms with E-state index in [1.165, 1.54) is 0 Å². The molecule has 4 nitrogen and oxygen atoms in total. The Morgan fingerprint density at radius 1 is 0.952 bits per heavy atom. The highest BCUT2D eigenvalue weighted by atomic mass is 16.5. The summed E-state index contributed by atoms with van der Waals surface area (Å²) in [5, 5.41) is 2.24. The van der Waals surface area contributed by atoms with Gasteiger partial charge >= 0.3 is 0 Å². The number of anilines is 1. The molecule has 0 saturated heterocycles. The summed E-state index contributed by atoms with van der Waals surface area (Å²) in [6, 6.07) is 12.1. The molecular weight excluding hydrogens is 262 g/mol. The van der Waals surface area contributed by atoms with Crippen LogP contribution in [0.25, 0.3) is 22.2 Å². The van der Waals surface area contributed by atoms with Gasteiger partial charge in [0.1, 0.15) is 11.6 Å². The first-order valence-corrected chi connectivity index (χ1v) is 6.77. The molecule has 2 N–H and O–H groups in total. The summed E-state index contributed by atoms with van der Waals surface area (Å²) in [6.07, 6.45) is 0. The molecule has 106 valence electrons. The van der Waals surface area contributed by atoms with Crippen LogP contribution in [0.5, 0.6) is 5.75 Å². The highest BCUT2D eigenvalue weighted by Gasteiger charge is 2.08. The van der Waals surface area contributed by atoms with Crippen LogP contribution in [0.4, 0.5) is 5.82 Å². The van der Waals surface area contributed by atoms with Gasteiger partial charge in [-0.25, -0.2) is 9.97 Å². The molecule has 0 aliphatic heterocycles. The topological polar surface area (TPSA) is 61.0 Å². The number of ether oxygens (including phenoxy) is 1. The van der Waals surface area contributed by atoms with Crippen molar-refractivity contribution in [1.29, 1.82) is 0 Å². The van der Waals surface area contributed by atoms with Crippen LogP contribution in [-0.2, 0) is 0 Å². The number of nitrogen functional groups attached to an aromatic ring is 1. The highest BCUT2D eigenvalue weighted by molar-refractivity contribution is 5.87. The van der Waals surface area contributed by atoms with Crippen molar-refractivity contribution in [3.63, 3.8) is 0 Å². The summed E-state index contributed by atoms with van der Waals surface area (Å²) in [5.74, 6) is 2.04. The fourth-order valence-electron chi connectivity index (χ4n) is 2.27. The lowest BCUT2D eigenvalue weighted by Crippen LogP contribution is -2.02. The molecule has 0 fully saturated rings. The van der Waals surface area contributed by atoms with E-state index in [2.05, 4.69) is 16.0 Å². The first kappa shape index (κ1) is 13.4. The van der Waals surface area contributed by atoms with Crippen LogP contribution in [0.3, 0.4) is 0 Å². The third-order valence-electron chi connectivity index (χ3n) is 3.73. The van der Waals surface area contributed by atoms with Crippen LogP contribution in [0, 0.1) is 13.8 Å². The second kappa shape index (κ2) is 5.05. The Hall–Kier alpha value is -2.62. The van der Waals surface area contributed by atoms with E-state index < -0.39 is 0 Å². The molecule has 0 saturated carbocycles. The van der Waals surface area contributed by atoms with Crippen molar-refractivity contribution in [3.8, 4) is 17.1 Å². The minimum absolute atomic E-state index is 0.535. The summed E-state index contributed by atoms with van der Waals surface area (Å²) in [6.45, 7) is 3.88. The van der Waals surface area contributed by atoms with E-state index in [0.717, 1.165) is 33.3 Å². The smallest absolute Gasteiger partial charge is 0.161 e. The first-order chi connectivity index (χ1) is 10.1. The molecule has 2 aromatic carbocycles. The molecule has 0 radical (unpaired) electrons. The molecule has 0 bridgehead atoms. The SMILES string of the molecule is COc1ccc2cc(-c3nc(C)c(C)c(N)n3)ccc2c1. The summed E-state index contributed by atoms with van der Waals surface area (Å²) < 4.78 is 5.24. The van der Waals surface area contributed by atoms with Crippen LogP contribution >= 0.6 is 0 Å². The van der Waals surface area contributed by atoms with Gasteiger partial charge < -0.3 is 10.5 Å². The number of aryl methyl sites for hydroxylation is 1. The van der Waals surface area contributed by atoms with Crippen molar-refractivity contribution in [2.45, 2.75) is 13.8 Å². The fourth-order valence-corrected chi connectivity index (χ4v) is 2.27. The van der Waals surface area contributed by atoms with Gasteiger partial charge in [-0.3, -0.25) is 0 Å². The van der Waals surface area contributed by atoms with Gasteiger partial charge in [0.25, 0.3) is 0 Å². The molecule has 4 heteroatoms. The average molecular weight is 279 g/mol. The highest BCUT2D eigenvalue weighted by Crippen LogP contribution is 2.26. The normalized spacial score (nSPS) is 10.8. The number of rotatable bonds is 2. The number of aromatic nitrogens is 2. The van der Waals surface area contributed by atoms with Gasteiger partial charge in [0.2, 0.25) is 0 Å². The zero-order valence-corrected chi connectivity index (χ0v) is 12.3. The Labute approximate surface area is 123 Å². The van der Waals surface area contributed by atoms with Crippen molar-refractivity contribution in [1.82, 2.24) is 9.97 Å². The van der Waals surface area contributed by atoms with E-state index in [0.29, 0.717) is 11.6 Å². The van der Waals surface area contributed by atoms with Gasteiger partial charge in [0, 0.05) is 16.8 Å².